The van der Waals surface area contributed by atoms with Gasteiger partial charge in [0.05, 0.1) is 12.1 Å². The first-order valence-corrected chi connectivity index (χ1v) is 6.35. The molecule has 0 bridgehead atoms. The second kappa shape index (κ2) is 5.80. The van der Waals surface area contributed by atoms with Crippen LogP contribution in [-0.2, 0) is 16.0 Å². The number of hydrogen-bond donors (Lipinski definition) is 0. The molecule has 1 heterocycles. The lowest BCUT2D eigenvalue weighted by atomic mass is 9.88. The molecule has 0 radical (unpaired) electrons. The molecule has 0 spiro atoms. The lowest BCUT2D eigenvalue weighted by Gasteiger charge is -2.28. The Bertz CT molecular complexity index is 364. The summed E-state index contributed by atoms with van der Waals surface area (Å²) in [4.78, 5) is 15.9. The van der Waals surface area contributed by atoms with E-state index in [1.165, 1.54) is 19.3 Å². The Kier molecular flexibility index (Phi) is 4.13. The van der Waals surface area contributed by atoms with E-state index in [4.69, 9.17) is 4.74 Å². The fourth-order valence-electron chi connectivity index (χ4n) is 2.32. The van der Waals surface area contributed by atoms with Gasteiger partial charge >= 0.3 is 5.97 Å². The summed E-state index contributed by atoms with van der Waals surface area (Å²) in [5, 5.41) is 0. The number of hydrogen-bond acceptors (Lipinski definition) is 3. The van der Waals surface area contributed by atoms with Crippen LogP contribution in [0.1, 0.15) is 38.3 Å². The molecular weight excluding hydrogens is 214 g/mol. The quantitative estimate of drug-likeness (QED) is 0.753. The van der Waals surface area contributed by atoms with Crippen molar-refractivity contribution in [3.05, 3.63) is 30.1 Å². The van der Waals surface area contributed by atoms with E-state index in [9.17, 15) is 4.79 Å². The van der Waals surface area contributed by atoms with Crippen LogP contribution in [0.2, 0.25) is 0 Å². The van der Waals surface area contributed by atoms with E-state index in [0.717, 1.165) is 12.1 Å². The van der Waals surface area contributed by atoms with Gasteiger partial charge in [0.25, 0.3) is 0 Å². The van der Waals surface area contributed by atoms with Crippen molar-refractivity contribution in [3.8, 4) is 0 Å². The first-order chi connectivity index (χ1) is 8.25. The first kappa shape index (κ1) is 12.1. The van der Waals surface area contributed by atoms with E-state index in [1.54, 1.807) is 6.20 Å². The van der Waals surface area contributed by atoms with E-state index in [2.05, 4.69) is 11.9 Å². The van der Waals surface area contributed by atoms with E-state index >= 15 is 0 Å². The summed E-state index contributed by atoms with van der Waals surface area (Å²) in [6, 6.07) is 5.59. The smallest absolute Gasteiger partial charge is 0.312 e. The molecule has 0 aromatic carbocycles. The molecule has 1 aliphatic carbocycles. The van der Waals surface area contributed by atoms with Gasteiger partial charge in [-0.05, 0) is 37.3 Å². The van der Waals surface area contributed by atoms with Crippen LogP contribution in [0.3, 0.4) is 0 Å². The van der Waals surface area contributed by atoms with E-state index in [1.807, 2.05) is 18.2 Å². The van der Waals surface area contributed by atoms with Crippen LogP contribution in [0.4, 0.5) is 0 Å². The highest BCUT2D eigenvalue weighted by atomic mass is 16.5. The fraction of sp³-hybridized carbons (Fsp3) is 0.571. The van der Waals surface area contributed by atoms with Crippen LogP contribution in [0.25, 0.3) is 0 Å². The first-order valence-electron chi connectivity index (χ1n) is 6.35. The number of esters is 1. The van der Waals surface area contributed by atoms with Crippen molar-refractivity contribution in [3.63, 3.8) is 0 Å². The number of nitrogens with zero attached hydrogens (tertiary/aromatic N) is 1. The molecule has 2 atom stereocenters. The Balaban J connectivity index is 1.84. The fourth-order valence-corrected chi connectivity index (χ4v) is 2.32. The minimum atomic E-state index is -0.151. The Morgan fingerprint density at radius 2 is 2.24 bits per heavy atom. The standard InChI is InChI=1S/C14H19NO2/c1-11-6-2-3-8-13(11)17-14(16)10-12-7-4-5-9-15-12/h4-5,7,9,11,13H,2-3,6,8,10H2,1H3. The summed E-state index contributed by atoms with van der Waals surface area (Å²) in [7, 11) is 0. The summed E-state index contributed by atoms with van der Waals surface area (Å²) in [6.07, 6.45) is 6.70. The summed E-state index contributed by atoms with van der Waals surface area (Å²) < 4.78 is 5.53. The zero-order valence-corrected chi connectivity index (χ0v) is 10.3. The SMILES string of the molecule is CC1CCCCC1OC(=O)Cc1ccccn1. The molecule has 3 heteroatoms. The minimum Gasteiger partial charge on any atom is -0.462 e. The van der Waals surface area contributed by atoms with Crippen LogP contribution in [0.15, 0.2) is 24.4 Å². The number of rotatable bonds is 3. The third kappa shape index (κ3) is 3.55. The van der Waals surface area contributed by atoms with Gasteiger partial charge in [-0.1, -0.05) is 19.4 Å². The van der Waals surface area contributed by atoms with Crippen LogP contribution in [0.5, 0.6) is 0 Å². The molecule has 2 unspecified atom stereocenters. The predicted molar refractivity (Wildman–Crippen MR) is 65.5 cm³/mol. The highest BCUT2D eigenvalue weighted by molar-refractivity contribution is 5.72. The summed E-state index contributed by atoms with van der Waals surface area (Å²) in [6.45, 7) is 2.16. The van der Waals surface area contributed by atoms with Crippen molar-refractivity contribution < 1.29 is 9.53 Å². The monoisotopic (exact) mass is 233 g/mol. The second-order valence-electron chi connectivity index (χ2n) is 4.79. The summed E-state index contributed by atoms with van der Waals surface area (Å²) >= 11 is 0. The zero-order chi connectivity index (χ0) is 12.1. The molecule has 3 nitrogen and oxygen atoms in total. The Labute approximate surface area is 102 Å². The maximum atomic E-state index is 11.8. The van der Waals surface area contributed by atoms with Gasteiger partial charge in [0, 0.05) is 6.20 Å². The van der Waals surface area contributed by atoms with Crippen LogP contribution in [0, 0.1) is 5.92 Å². The number of aromatic nitrogens is 1. The van der Waals surface area contributed by atoms with Crippen molar-refractivity contribution in [1.29, 1.82) is 0 Å². The van der Waals surface area contributed by atoms with Crippen molar-refractivity contribution in [1.82, 2.24) is 4.98 Å². The van der Waals surface area contributed by atoms with Gasteiger partial charge in [0.15, 0.2) is 0 Å². The van der Waals surface area contributed by atoms with Gasteiger partial charge < -0.3 is 4.74 Å². The Hall–Kier alpha value is -1.38. The molecule has 0 N–H and O–H groups in total. The molecule has 1 aromatic rings. The van der Waals surface area contributed by atoms with Crippen LogP contribution < -0.4 is 0 Å². The maximum Gasteiger partial charge on any atom is 0.312 e. The molecule has 1 saturated carbocycles. The molecule has 92 valence electrons. The van der Waals surface area contributed by atoms with Crippen molar-refractivity contribution >= 4 is 5.97 Å². The van der Waals surface area contributed by atoms with Gasteiger partial charge in [-0.25, -0.2) is 0 Å². The van der Waals surface area contributed by atoms with Gasteiger partial charge in [-0.3, -0.25) is 9.78 Å². The molecule has 1 aliphatic rings. The van der Waals surface area contributed by atoms with Gasteiger partial charge in [-0.15, -0.1) is 0 Å². The molecule has 1 aromatic heterocycles. The highest BCUT2D eigenvalue weighted by Crippen LogP contribution is 2.26. The Morgan fingerprint density at radius 3 is 2.94 bits per heavy atom. The van der Waals surface area contributed by atoms with Crippen molar-refractivity contribution in [2.24, 2.45) is 5.92 Å². The van der Waals surface area contributed by atoms with Crippen LogP contribution in [-0.4, -0.2) is 17.1 Å². The van der Waals surface area contributed by atoms with Crippen LogP contribution >= 0.6 is 0 Å². The lowest BCUT2D eigenvalue weighted by molar-refractivity contribution is -0.152. The van der Waals surface area contributed by atoms with E-state index in [-0.39, 0.29) is 18.5 Å². The highest BCUT2D eigenvalue weighted by Gasteiger charge is 2.24. The molecule has 0 aliphatic heterocycles. The normalized spacial score (nSPS) is 24.3. The molecule has 2 rings (SSSR count). The van der Waals surface area contributed by atoms with Crippen molar-refractivity contribution in [2.75, 3.05) is 0 Å². The predicted octanol–water partition coefficient (Wildman–Crippen LogP) is 2.75. The van der Waals surface area contributed by atoms with E-state index < -0.39 is 0 Å². The third-order valence-corrected chi connectivity index (χ3v) is 3.37. The second-order valence-corrected chi connectivity index (χ2v) is 4.79. The zero-order valence-electron chi connectivity index (χ0n) is 10.3. The number of carbonyl (C=O) groups is 1. The molecular formula is C14H19NO2. The number of carbonyl (C=O) groups excluding carboxylic acids is 1. The average molecular weight is 233 g/mol. The average Bonchev–Trinajstić information content (AvgIpc) is 2.33. The molecule has 0 amide bonds. The number of ether oxygens (including phenoxy) is 1. The number of pyridine rings is 1. The van der Waals surface area contributed by atoms with Gasteiger partial charge in [0.1, 0.15) is 6.10 Å². The molecule has 17 heavy (non-hydrogen) atoms. The minimum absolute atomic E-state index is 0.111. The molecule has 0 saturated heterocycles. The van der Waals surface area contributed by atoms with Gasteiger partial charge in [-0.2, -0.15) is 0 Å². The topological polar surface area (TPSA) is 39.2 Å². The third-order valence-electron chi connectivity index (χ3n) is 3.37. The molecule has 1 fully saturated rings. The summed E-state index contributed by atoms with van der Waals surface area (Å²) in [5.74, 6) is 0.346. The Morgan fingerprint density at radius 1 is 1.41 bits per heavy atom. The van der Waals surface area contributed by atoms with Gasteiger partial charge in [0.2, 0.25) is 0 Å². The summed E-state index contributed by atoms with van der Waals surface area (Å²) in [5.41, 5.74) is 0.779. The van der Waals surface area contributed by atoms with Crippen molar-refractivity contribution in [2.45, 2.75) is 45.1 Å². The largest absolute Gasteiger partial charge is 0.462 e. The lowest BCUT2D eigenvalue weighted by Crippen LogP contribution is -2.29. The maximum absolute atomic E-state index is 11.8. The van der Waals surface area contributed by atoms with E-state index in [0.29, 0.717) is 5.92 Å².